The van der Waals surface area contributed by atoms with Crippen molar-refractivity contribution in [2.75, 3.05) is 6.61 Å². The van der Waals surface area contributed by atoms with Crippen LogP contribution in [0.4, 0.5) is 0 Å². The smallest absolute Gasteiger partial charge is 0.348 e. The van der Waals surface area contributed by atoms with Crippen molar-refractivity contribution in [3.8, 4) is 0 Å². The predicted octanol–water partition coefficient (Wildman–Crippen LogP) is 13.0. The van der Waals surface area contributed by atoms with Gasteiger partial charge in [0.05, 0.1) is 0 Å². The largest absolute Gasteiger partial charge is 0.462 e. The molecule has 0 unspecified atom stereocenters. The normalized spacial score (nSPS) is 12.5. The van der Waals surface area contributed by atoms with Crippen LogP contribution in [0.2, 0.25) is 0 Å². The molecule has 0 aromatic rings. The number of unbranched alkanes of at least 4 members (excludes halogenated alkanes) is 28. The molecule has 0 heterocycles. The highest BCUT2D eigenvalue weighted by Crippen LogP contribution is 2.36. The van der Waals surface area contributed by atoms with E-state index in [0.717, 1.165) is 44.3 Å². The van der Waals surface area contributed by atoms with Crippen molar-refractivity contribution in [3.05, 3.63) is 11.9 Å². The Kier molecular flexibility index (Phi) is 35.7. The fraction of sp³-hybridized carbons (Fsp3) is 0.902. The molecule has 0 spiro atoms. The third-order valence-corrected chi connectivity index (χ3v) is 10.00. The molecule has 0 aliphatic heterocycles. The van der Waals surface area contributed by atoms with Gasteiger partial charge in [-0.15, -0.1) is 0 Å². The Labute approximate surface area is 302 Å². The summed E-state index contributed by atoms with van der Waals surface area (Å²) in [5.74, 6) is 0.125. The highest BCUT2D eigenvalue weighted by molar-refractivity contribution is 7.55. The molecule has 0 amide bonds. The maximum Gasteiger partial charge on any atom is 0.348 e. The number of esters is 2. The summed E-state index contributed by atoms with van der Waals surface area (Å²) in [5.41, 5.74) is 0. The lowest BCUT2D eigenvalue weighted by Gasteiger charge is -2.17. The van der Waals surface area contributed by atoms with E-state index in [0.29, 0.717) is 12.8 Å². The Balaban J connectivity index is 3.97. The van der Waals surface area contributed by atoms with Crippen LogP contribution in [0, 0.1) is 0 Å². The summed E-state index contributed by atoms with van der Waals surface area (Å²) in [6, 6.07) is 0. The van der Waals surface area contributed by atoms with Crippen LogP contribution in [-0.2, 0) is 23.6 Å². The molecule has 2 N–H and O–H groups in total. The molecule has 7 nitrogen and oxygen atoms in total. The lowest BCUT2D eigenvalue weighted by molar-refractivity contribution is -0.159. The van der Waals surface area contributed by atoms with Gasteiger partial charge in [-0.1, -0.05) is 200 Å². The van der Waals surface area contributed by atoms with Crippen LogP contribution in [0.3, 0.4) is 0 Å². The van der Waals surface area contributed by atoms with Gasteiger partial charge in [-0.25, -0.2) is 0 Å². The van der Waals surface area contributed by atoms with Crippen LogP contribution in [0.1, 0.15) is 226 Å². The van der Waals surface area contributed by atoms with Gasteiger partial charge in [0.2, 0.25) is 0 Å². The first-order valence-corrected chi connectivity index (χ1v) is 22.5. The molecule has 0 fully saturated rings. The summed E-state index contributed by atoms with van der Waals surface area (Å²) in [6.45, 7) is 4.42. The molecule has 0 saturated heterocycles. The Morgan fingerprint density at radius 3 is 1.14 bits per heavy atom. The van der Waals surface area contributed by atoms with Gasteiger partial charge in [-0.2, -0.15) is 0 Å². The molecular formula is C41H79O7P. The predicted molar refractivity (Wildman–Crippen MR) is 206 cm³/mol. The summed E-state index contributed by atoms with van der Waals surface area (Å²) in [5, 5.41) is 0. The van der Waals surface area contributed by atoms with Crippen molar-refractivity contribution >= 4 is 19.5 Å². The van der Waals surface area contributed by atoms with Gasteiger partial charge in [0.25, 0.3) is 0 Å². The van der Waals surface area contributed by atoms with Crippen molar-refractivity contribution in [2.24, 2.45) is 0 Å². The van der Waals surface area contributed by atoms with E-state index in [1.807, 2.05) is 0 Å². The van der Waals surface area contributed by atoms with E-state index >= 15 is 0 Å². The zero-order valence-electron chi connectivity index (χ0n) is 32.2. The molecule has 49 heavy (non-hydrogen) atoms. The van der Waals surface area contributed by atoms with E-state index in [9.17, 15) is 14.2 Å². The van der Waals surface area contributed by atoms with Gasteiger partial charge in [0, 0.05) is 25.1 Å². The molecular weight excluding hydrogens is 635 g/mol. The molecule has 0 rings (SSSR count). The van der Waals surface area contributed by atoms with Gasteiger partial charge in [0.1, 0.15) is 12.7 Å². The quantitative estimate of drug-likeness (QED) is 0.0372. The summed E-state index contributed by atoms with van der Waals surface area (Å²) >= 11 is 0. The second kappa shape index (κ2) is 36.6. The first-order valence-electron chi connectivity index (χ1n) is 20.9. The SMILES string of the molecule is CCCCCCCCCCCCCCCCCC(=O)OC[C@@H](C/C=C\P(=O)(O)O)OC(=O)CCCCCCCCCCCCCCCCC. The molecule has 290 valence electrons. The van der Waals surface area contributed by atoms with Crippen molar-refractivity contribution in [3.63, 3.8) is 0 Å². The van der Waals surface area contributed by atoms with E-state index < -0.39 is 13.7 Å². The highest BCUT2D eigenvalue weighted by atomic mass is 31.2. The Hall–Kier alpha value is -1.17. The molecule has 0 radical (unpaired) electrons. The number of hydrogen-bond acceptors (Lipinski definition) is 5. The first-order chi connectivity index (χ1) is 23.8. The average molecular weight is 715 g/mol. The van der Waals surface area contributed by atoms with Gasteiger partial charge in [-0.3, -0.25) is 14.2 Å². The fourth-order valence-electron chi connectivity index (χ4n) is 6.28. The summed E-state index contributed by atoms with van der Waals surface area (Å²) in [4.78, 5) is 43.1. The fourth-order valence-corrected chi connectivity index (χ4v) is 6.68. The number of hydrogen-bond donors (Lipinski definition) is 2. The highest BCUT2D eigenvalue weighted by Gasteiger charge is 2.17. The third-order valence-electron chi connectivity index (χ3n) is 9.40. The molecule has 0 aliphatic rings. The maximum atomic E-state index is 12.5. The van der Waals surface area contributed by atoms with Crippen molar-refractivity contribution in [1.29, 1.82) is 0 Å². The maximum absolute atomic E-state index is 12.5. The average Bonchev–Trinajstić information content (AvgIpc) is 3.06. The molecule has 0 aliphatic carbocycles. The van der Waals surface area contributed by atoms with Crippen molar-refractivity contribution in [1.82, 2.24) is 0 Å². The van der Waals surface area contributed by atoms with Crippen LogP contribution in [0.25, 0.3) is 0 Å². The van der Waals surface area contributed by atoms with Crippen molar-refractivity contribution < 1.29 is 33.4 Å². The van der Waals surface area contributed by atoms with Crippen LogP contribution < -0.4 is 0 Å². The van der Waals surface area contributed by atoms with E-state index in [1.54, 1.807) is 0 Å². The van der Waals surface area contributed by atoms with Crippen LogP contribution in [0.15, 0.2) is 11.9 Å². The van der Waals surface area contributed by atoms with Gasteiger partial charge < -0.3 is 19.3 Å². The molecule has 0 aromatic heterocycles. The molecule has 1 atom stereocenters. The lowest BCUT2D eigenvalue weighted by Crippen LogP contribution is -2.25. The van der Waals surface area contributed by atoms with Gasteiger partial charge in [-0.05, 0) is 12.8 Å². The van der Waals surface area contributed by atoms with Crippen LogP contribution >= 0.6 is 7.60 Å². The first kappa shape index (κ1) is 47.8. The zero-order valence-corrected chi connectivity index (χ0v) is 33.1. The minimum atomic E-state index is -4.31. The summed E-state index contributed by atoms with van der Waals surface area (Å²) in [7, 11) is -4.31. The monoisotopic (exact) mass is 715 g/mol. The minimum absolute atomic E-state index is 0.0853. The Morgan fingerprint density at radius 2 is 0.816 bits per heavy atom. The molecule has 8 heteroatoms. The second-order valence-electron chi connectivity index (χ2n) is 14.4. The minimum Gasteiger partial charge on any atom is -0.462 e. The second-order valence-corrected chi connectivity index (χ2v) is 15.9. The lowest BCUT2D eigenvalue weighted by atomic mass is 10.0. The van der Waals surface area contributed by atoms with E-state index in [1.165, 1.54) is 160 Å². The Morgan fingerprint density at radius 1 is 0.510 bits per heavy atom. The topological polar surface area (TPSA) is 110 Å². The summed E-state index contributed by atoms with van der Waals surface area (Å²) < 4.78 is 22.1. The number of carbonyl (C=O) groups excluding carboxylic acids is 2. The number of ether oxygens (including phenoxy) is 2. The third kappa shape index (κ3) is 39.5. The summed E-state index contributed by atoms with van der Waals surface area (Å²) in [6.07, 6.45) is 39.0. The molecule has 0 bridgehead atoms. The standard InChI is InChI=1S/C41H79O7P/c1-3-5-7-9-11-13-15-17-19-21-23-25-27-29-31-35-40(42)47-38-39(34-33-37-49(44,45)46)48-41(43)36-32-30-28-26-24-22-20-18-16-14-12-10-8-6-4-2/h33,37,39H,3-32,34-36,38H2,1-2H3,(H2,44,45,46)/b37-33-/t39-/m1/s1. The Bertz CT molecular complexity index is 810. The number of carbonyl (C=O) groups is 2. The van der Waals surface area contributed by atoms with Crippen LogP contribution in [0.5, 0.6) is 0 Å². The van der Waals surface area contributed by atoms with E-state index in [-0.39, 0.29) is 25.0 Å². The molecule has 0 saturated carbocycles. The molecule has 0 aromatic carbocycles. The van der Waals surface area contributed by atoms with E-state index in [2.05, 4.69) is 13.8 Å². The number of rotatable bonds is 38. The van der Waals surface area contributed by atoms with Gasteiger partial charge in [0.15, 0.2) is 0 Å². The van der Waals surface area contributed by atoms with Crippen molar-refractivity contribution in [2.45, 2.75) is 232 Å². The van der Waals surface area contributed by atoms with Crippen LogP contribution in [-0.4, -0.2) is 34.4 Å². The van der Waals surface area contributed by atoms with E-state index in [4.69, 9.17) is 19.3 Å². The zero-order chi connectivity index (χ0) is 36.1. The van der Waals surface area contributed by atoms with Gasteiger partial charge >= 0.3 is 19.5 Å².